The molecule has 0 radical (unpaired) electrons. The van der Waals surface area contributed by atoms with Crippen molar-refractivity contribution in [3.8, 4) is 0 Å². The molecule has 0 unspecified atom stereocenters. The smallest absolute Gasteiger partial charge is 0.254 e. The van der Waals surface area contributed by atoms with Crippen LogP contribution in [-0.4, -0.2) is 42.4 Å². The van der Waals surface area contributed by atoms with E-state index in [-0.39, 0.29) is 29.9 Å². The van der Waals surface area contributed by atoms with Gasteiger partial charge in [-0.25, -0.2) is 8.78 Å². The molecular weight excluding hydrogens is 364 g/mol. The van der Waals surface area contributed by atoms with E-state index in [2.05, 4.69) is 15.5 Å². The van der Waals surface area contributed by atoms with E-state index in [1.165, 1.54) is 30.3 Å². The molecule has 0 spiro atoms. The molecule has 2 amide bonds. The highest BCUT2D eigenvalue weighted by molar-refractivity contribution is 5.96. The molecule has 0 aliphatic carbocycles. The van der Waals surface area contributed by atoms with Crippen molar-refractivity contribution in [2.75, 3.05) is 19.6 Å². The van der Waals surface area contributed by atoms with E-state index in [0.717, 1.165) is 38.0 Å². The van der Waals surface area contributed by atoms with Crippen LogP contribution < -0.4 is 10.6 Å². The molecule has 0 atom stereocenters. The van der Waals surface area contributed by atoms with Crippen LogP contribution in [0.3, 0.4) is 0 Å². The second kappa shape index (κ2) is 9.41. The Labute approximate surface area is 162 Å². The minimum Gasteiger partial charge on any atom is -0.352 e. The molecule has 1 aliphatic rings. The van der Waals surface area contributed by atoms with Gasteiger partial charge in [-0.15, -0.1) is 0 Å². The maximum Gasteiger partial charge on any atom is 0.254 e. The number of halogens is 2. The number of carbonyl (C=O) groups excluding carboxylic acids is 2. The molecule has 0 bridgehead atoms. The zero-order chi connectivity index (χ0) is 19.9. The van der Waals surface area contributed by atoms with Crippen LogP contribution in [0.25, 0.3) is 0 Å². The Kier molecular flexibility index (Phi) is 6.71. The van der Waals surface area contributed by atoms with E-state index in [1.807, 2.05) is 0 Å². The van der Waals surface area contributed by atoms with Crippen LogP contribution in [0.5, 0.6) is 0 Å². The molecule has 1 saturated heterocycles. The molecule has 28 heavy (non-hydrogen) atoms. The third-order valence-electron chi connectivity index (χ3n) is 4.80. The Morgan fingerprint density at radius 1 is 1.00 bits per heavy atom. The van der Waals surface area contributed by atoms with Gasteiger partial charge >= 0.3 is 0 Å². The Morgan fingerprint density at radius 2 is 1.68 bits per heavy atom. The fourth-order valence-electron chi connectivity index (χ4n) is 3.26. The summed E-state index contributed by atoms with van der Waals surface area (Å²) in [4.78, 5) is 26.3. The Balaban J connectivity index is 1.38. The molecule has 1 heterocycles. The van der Waals surface area contributed by atoms with Gasteiger partial charge in [0, 0.05) is 25.7 Å². The highest BCUT2D eigenvalue weighted by Gasteiger charge is 2.21. The number of hydrogen-bond acceptors (Lipinski definition) is 3. The van der Waals surface area contributed by atoms with Gasteiger partial charge < -0.3 is 10.6 Å². The summed E-state index contributed by atoms with van der Waals surface area (Å²) in [5.41, 5.74) is 0.976. The third kappa shape index (κ3) is 5.60. The first-order valence-corrected chi connectivity index (χ1v) is 9.30. The number of amides is 2. The van der Waals surface area contributed by atoms with Gasteiger partial charge in [-0.1, -0.05) is 24.3 Å². The van der Waals surface area contributed by atoms with Gasteiger partial charge in [-0.05, 0) is 42.7 Å². The van der Waals surface area contributed by atoms with Crippen LogP contribution in [0, 0.1) is 11.6 Å². The zero-order valence-electron chi connectivity index (χ0n) is 15.5. The molecular formula is C21H23F2N3O2. The SMILES string of the molecule is O=C(CNC(=O)c1ccccc1F)NC1CCN(Cc2ccc(F)cc2)CC1. The highest BCUT2D eigenvalue weighted by atomic mass is 19.1. The number of piperidine rings is 1. The highest BCUT2D eigenvalue weighted by Crippen LogP contribution is 2.14. The topological polar surface area (TPSA) is 61.4 Å². The van der Waals surface area contributed by atoms with Gasteiger partial charge in [-0.3, -0.25) is 14.5 Å². The van der Waals surface area contributed by atoms with Crippen molar-refractivity contribution in [1.82, 2.24) is 15.5 Å². The summed E-state index contributed by atoms with van der Waals surface area (Å²) < 4.78 is 26.5. The maximum atomic E-state index is 13.6. The van der Waals surface area contributed by atoms with Crippen LogP contribution in [0.15, 0.2) is 48.5 Å². The van der Waals surface area contributed by atoms with E-state index in [9.17, 15) is 18.4 Å². The predicted octanol–water partition coefficient (Wildman–Crippen LogP) is 2.48. The first-order valence-electron chi connectivity index (χ1n) is 9.30. The minimum absolute atomic E-state index is 0.0438. The monoisotopic (exact) mass is 387 g/mol. The normalized spacial score (nSPS) is 15.2. The average molecular weight is 387 g/mol. The number of carbonyl (C=O) groups is 2. The molecule has 1 aliphatic heterocycles. The molecule has 7 heteroatoms. The molecule has 1 fully saturated rings. The summed E-state index contributed by atoms with van der Waals surface area (Å²) in [7, 11) is 0. The van der Waals surface area contributed by atoms with Gasteiger partial charge in [0.25, 0.3) is 5.91 Å². The molecule has 148 valence electrons. The quantitative estimate of drug-likeness (QED) is 0.801. The minimum atomic E-state index is -0.617. The molecule has 0 aromatic heterocycles. The van der Waals surface area contributed by atoms with Gasteiger partial charge in [0.05, 0.1) is 12.1 Å². The molecule has 5 nitrogen and oxygen atoms in total. The van der Waals surface area contributed by atoms with Crippen molar-refractivity contribution in [3.05, 3.63) is 71.3 Å². The second-order valence-corrected chi connectivity index (χ2v) is 6.91. The number of nitrogens with zero attached hydrogens (tertiary/aromatic N) is 1. The summed E-state index contributed by atoms with van der Waals surface area (Å²) in [6, 6.07) is 12.2. The number of benzene rings is 2. The maximum absolute atomic E-state index is 13.6. The summed E-state index contributed by atoms with van der Waals surface area (Å²) in [6.07, 6.45) is 1.60. The number of hydrogen-bond donors (Lipinski definition) is 2. The molecule has 2 aromatic carbocycles. The lowest BCUT2D eigenvalue weighted by Crippen LogP contribution is -2.47. The van der Waals surface area contributed by atoms with Crippen LogP contribution in [-0.2, 0) is 11.3 Å². The van der Waals surface area contributed by atoms with Crippen molar-refractivity contribution in [3.63, 3.8) is 0 Å². The van der Waals surface area contributed by atoms with Gasteiger partial charge in [0.1, 0.15) is 11.6 Å². The fourth-order valence-corrected chi connectivity index (χ4v) is 3.26. The van der Waals surface area contributed by atoms with E-state index < -0.39 is 11.7 Å². The molecule has 2 aromatic rings. The Morgan fingerprint density at radius 3 is 2.36 bits per heavy atom. The fraction of sp³-hybridized carbons (Fsp3) is 0.333. The molecule has 3 rings (SSSR count). The second-order valence-electron chi connectivity index (χ2n) is 6.91. The number of nitrogens with one attached hydrogen (secondary N) is 2. The van der Waals surface area contributed by atoms with Gasteiger partial charge in [0.15, 0.2) is 0 Å². The average Bonchev–Trinajstić information content (AvgIpc) is 2.70. The van der Waals surface area contributed by atoms with E-state index in [4.69, 9.17) is 0 Å². The summed E-state index contributed by atoms with van der Waals surface area (Å²) in [5, 5.41) is 5.35. The van der Waals surface area contributed by atoms with Crippen LogP contribution in [0.4, 0.5) is 8.78 Å². The Bertz CT molecular complexity index is 819. The summed E-state index contributed by atoms with van der Waals surface area (Å²) in [6.45, 7) is 2.20. The lowest BCUT2D eigenvalue weighted by molar-refractivity contribution is -0.121. The van der Waals surface area contributed by atoms with Gasteiger partial charge in [-0.2, -0.15) is 0 Å². The van der Waals surface area contributed by atoms with E-state index in [1.54, 1.807) is 18.2 Å². The number of rotatable bonds is 6. The largest absolute Gasteiger partial charge is 0.352 e. The first kappa shape index (κ1) is 19.9. The zero-order valence-corrected chi connectivity index (χ0v) is 15.5. The van der Waals surface area contributed by atoms with Crippen molar-refractivity contribution >= 4 is 11.8 Å². The van der Waals surface area contributed by atoms with E-state index in [0.29, 0.717) is 0 Å². The first-order chi connectivity index (χ1) is 13.5. The number of likely N-dealkylation sites (tertiary alicyclic amines) is 1. The lowest BCUT2D eigenvalue weighted by Gasteiger charge is -2.32. The molecule has 0 saturated carbocycles. The van der Waals surface area contributed by atoms with Crippen molar-refractivity contribution in [1.29, 1.82) is 0 Å². The summed E-state index contributed by atoms with van der Waals surface area (Å²) >= 11 is 0. The van der Waals surface area contributed by atoms with Gasteiger partial charge in [0.2, 0.25) is 5.91 Å². The van der Waals surface area contributed by atoms with Crippen molar-refractivity contribution in [2.24, 2.45) is 0 Å². The van der Waals surface area contributed by atoms with Crippen molar-refractivity contribution in [2.45, 2.75) is 25.4 Å². The third-order valence-corrected chi connectivity index (χ3v) is 4.80. The predicted molar refractivity (Wildman–Crippen MR) is 102 cm³/mol. The van der Waals surface area contributed by atoms with Crippen molar-refractivity contribution < 1.29 is 18.4 Å². The van der Waals surface area contributed by atoms with Crippen LogP contribution in [0.2, 0.25) is 0 Å². The van der Waals surface area contributed by atoms with Crippen LogP contribution in [0.1, 0.15) is 28.8 Å². The van der Waals surface area contributed by atoms with Crippen LogP contribution >= 0.6 is 0 Å². The Hall–Kier alpha value is -2.80. The standard InChI is InChI=1S/C21H23F2N3O2/c22-16-7-5-15(6-8-16)14-26-11-9-17(10-12-26)25-20(27)13-24-21(28)18-3-1-2-4-19(18)23/h1-8,17H,9-14H2,(H,24,28)(H,25,27). The lowest BCUT2D eigenvalue weighted by atomic mass is 10.0. The molecule has 2 N–H and O–H groups in total. The summed E-state index contributed by atoms with van der Waals surface area (Å²) in [5.74, 6) is -1.76. The van der Waals surface area contributed by atoms with E-state index >= 15 is 0 Å².